The number of para-hydroxylation sites is 1. The smallest absolute Gasteiger partial charge is 0.227 e. The number of morpholine rings is 1. The second-order valence-electron chi connectivity index (χ2n) is 7.60. The van der Waals surface area contributed by atoms with Crippen LogP contribution in [0.3, 0.4) is 0 Å². The van der Waals surface area contributed by atoms with Crippen molar-refractivity contribution in [3.8, 4) is 0 Å². The van der Waals surface area contributed by atoms with Crippen molar-refractivity contribution in [2.24, 2.45) is 5.92 Å². The molecule has 2 aromatic rings. The first-order valence-corrected chi connectivity index (χ1v) is 10.1. The Kier molecular flexibility index (Phi) is 5.97. The van der Waals surface area contributed by atoms with Crippen molar-refractivity contribution in [2.45, 2.75) is 19.4 Å². The molecule has 0 bridgehead atoms. The first-order chi connectivity index (χ1) is 14.1. The van der Waals surface area contributed by atoms with Gasteiger partial charge in [0.1, 0.15) is 11.5 Å². The van der Waals surface area contributed by atoms with Gasteiger partial charge in [-0.05, 0) is 31.2 Å². The summed E-state index contributed by atoms with van der Waals surface area (Å²) in [4.78, 5) is 29.2. The number of ether oxygens (including phenoxy) is 1. The molecule has 2 amide bonds. The molecule has 0 aliphatic carbocycles. The number of benzene rings is 1. The molecular weight excluding hydrogens is 370 g/mol. The number of hydrogen-bond donors (Lipinski definition) is 1. The van der Waals surface area contributed by atoms with Crippen molar-refractivity contribution >= 4 is 17.5 Å². The summed E-state index contributed by atoms with van der Waals surface area (Å²) in [7, 11) is 0. The average Bonchev–Trinajstić information content (AvgIpc) is 3.35. The fourth-order valence-corrected chi connectivity index (χ4v) is 4.01. The van der Waals surface area contributed by atoms with Crippen molar-refractivity contribution in [1.29, 1.82) is 0 Å². The monoisotopic (exact) mass is 397 g/mol. The van der Waals surface area contributed by atoms with Gasteiger partial charge in [0, 0.05) is 38.3 Å². The van der Waals surface area contributed by atoms with Gasteiger partial charge in [-0.25, -0.2) is 0 Å². The zero-order valence-corrected chi connectivity index (χ0v) is 16.7. The largest absolute Gasteiger partial charge is 0.465 e. The van der Waals surface area contributed by atoms with Crippen molar-refractivity contribution < 1.29 is 18.7 Å². The minimum atomic E-state index is -0.341. The van der Waals surface area contributed by atoms with Crippen LogP contribution in [0.15, 0.2) is 46.9 Å². The molecule has 2 atom stereocenters. The number of amides is 2. The van der Waals surface area contributed by atoms with Gasteiger partial charge in [0.25, 0.3) is 0 Å². The molecule has 7 heteroatoms. The minimum absolute atomic E-state index is 0.0114. The molecule has 1 N–H and O–H groups in total. The van der Waals surface area contributed by atoms with E-state index >= 15 is 0 Å². The molecule has 2 saturated heterocycles. The fourth-order valence-electron chi connectivity index (χ4n) is 4.01. The molecule has 0 radical (unpaired) electrons. The van der Waals surface area contributed by atoms with Crippen LogP contribution >= 0.6 is 0 Å². The second kappa shape index (κ2) is 8.80. The Labute approximate surface area is 170 Å². The highest BCUT2D eigenvalue weighted by atomic mass is 16.5. The van der Waals surface area contributed by atoms with Gasteiger partial charge in [-0.15, -0.1) is 0 Å². The molecule has 3 heterocycles. The number of nitrogens with zero attached hydrogens (tertiary/aromatic N) is 2. The van der Waals surface area contributed by atoms with Crippen LogP contribution in [0.5, 0.6) is 0 Å². The summed E-state index contributed by atoms with van der Waals surface area (Å²) in [6.07, 6.45) is 0.239. The summed E-state index contributed by atoms with van der Waals surface area (Å²) in [5.74, 6) is 1.26. The Morgan fingerprint density at radius 2 is 1.93 bits per heavy atom. The number of carbonyl (C=O) groups is 2. The van der Waals surface area contributed by atoms with Gasteiger partial charge in [-0.2, -0.15) is 0 Å². The summed E-state index contributed by atoms with van der Waals surface area (Å²) in [6.45, 7) is 5.72. The number of furan rings is 1. The Morgan fingerprint density at radius 1 is 1.17 bits per heavy atom. The predicted octanol–water partition coefficient (Wildman–Crippen LogP) is 2.13. The van der Waals surface area contributed by atoms with Crippen LogP contribution < -0.4 is 10.2 Å². The van der Waals surface area contributed by atoms with Crippen LogP contribution in [0.1, 0.15) is 24.0 Å². The van der Waals surface area contributed by atoms with E-state index < -0.39 is 0 Å². The highest BCUT2D eigenvalue weighted by Gasteiger charge is 2.35. The molecule has 2 aliphatic rings. The first kappa shape index (κ1) is 19.7. The molecular formula is C22H27N3O4. The lowest BCUT2D eigenvalue weighted by Gasteiger charge is -2.33. The average molecular weight is 397 g/mol. The fraction of sp³-hybridized carbons (Fsp3) is 0.455. The summed E-state index contributed by atoms with van der Waals surface area (Å²) >= 11 is 0. The molecule has 2 fully saturated rings. The van der Waals surface area contributed by atoms with Crippen molar-refractivity contribution in [2.75, 3.05) is 44.3 Å². The van der Waals surface area contributed by atoms with E-state index in [0.717, 1.165) is 30.3 Å². The Bertz CT molecular complexity index is 845. The molecule has 1 aromatic heterocycles. The van der Waals surface area contributed by atoms with E-state index in [4.69, 9.17) is 9.15 Å². The number of anilines is 1. The molecule has 0 spiro atoms. The van der Waals surface area contributed by atoms with E-state index in [2.05, 4.69) is 10.2 Å². The molecule has 154 valence electrons. The van der Waals surface area contributed by atoms with Crippen LogP contribution in [0.2, 0.25) is 0 Å². The van der Waals surface area contributed by atoms with Crippen LogP contribution in [0.4, 0.5) is 5.69 Å². The van der Waals surface area contributed by atoms with E-state index in [1.54, 1.807) is 4.90 Å². The number of carbonyl (C=O) groups excluding carboxylic acids is 2. The van der Waals surface area contributed by atoms with E-state index in [1.807, 2.05) is 49.4 Å². The van der Waals surface area contributed by atoms with Gasteiger partial charge < -0.3 is 19.4 Å². The lowest BCUT2D eigenvalue weighted by molar-refractivity contribution is -0.126. The van der Waals surface area contributed by atoms with Gasteiger partial charge in [0.05, 0.1) is 25.2 Å². The summed E-state index contributed by atoms with van der Waals surface area (Å²) in [5, 5.41) is 3.06. The Morgan fingerprint density at radius 3 is 2.62 bits per heavy atom. The van der Waals surface area contributed by atoms with Gasteiger partial charge in [-0.3, -0.25) is 14.5 Å². The van der Waals surface area contributed by atoms with Gasteiger partial charge in [0.15, 0.2) is 0 Å². The van der Waals surface area contributed by atoms with E-state index in [1.165, 1.54) is 0 Å². The van der Waals surface area contributed by atoms with Gasteiger partial charge in [0.2, 0.25) is 11.8 Å². The second-order valence-corrected chi connectivity index (χ2v) is 7.60. The van der Waals surface area contributed by atoms with Crippen LogP contribution in [0, 0.1) is 12.8 Å². The Hall–Kier alpha value is -2.64. The molecule has 2 aliphatic heterocycles. The first-order valence-electron chi connectivity index (χ1n) is 10.1. The highest BCUT2D eigenvalue weighted by Crippen LogP contribution is 2.26. The number of aryl methyl sites for hydroxylation is 1. The van der Waals surface area contributed by atoms with Crippen LogP contribution in [0.25, 0.3) is 0 Å². The third kappa shape index (κ3) is 4.52. The van der Waals surface area contributed by atoms with Crippen molar-refractivity contribution in [3.63, 3.8) is 0 Å². The topological polar surface area (TPSA) is 75.0 Å². The minimum Gasteiger partial charge on any atom is -0.465 e. The molecule has 2 unspecified atom stereocenters. The van der Waals surface area contributed by atoms with E-state index in [-0.39, 0.29) is 30.2 Å². The lowest BCUT2D eigenvalue weighted by atomic mass is 10.1. The third-order valence-corrected chi connectivity index (χ3v) is 5.61. The maximum atomic E-state index is 12.8. The summed E-state index contributed by atoms with van der Waals surface area (Å²) < 4.78 is 11.3. The lowest BCUT2D eigenvalue weighted by Crippen LogP contribution is -2.44. The normalized spacial score (nSPS) is 21.3. The van der Waals surface area contributed by atoms with E-state index in [9.17, 15) is 9.59 Å². The molecule has 0 saturated carbocycles. The molecule has 1 aromatic carbocycles. The van der Waals surface area contributed by atoms with Crippen LogP contribution in [-0.2, 0) is 14.3 Å². The number of nitrogens with one attached hydrogen (secondary N) is 1. The SMILES string of the molecule is Cc1ccc(C(CNC(=O)C2CC(=O)N(c3ccccc3)C2)N2CCOCC2)o1. The van der Waals surface area contributed by atoms with E-state index in [0.29, 0.717) is 26.3 Å². The number of rotatable bonds is 6. The molecule has 4 rings (SSSR count). The predicted molar refractivity (Wildman–Crippen MR) is 108 cm³/mol. The standard InChI is InChI=1S/C22H27N3O4/c1-16-7-8-20(29-16)19(24-9-11-28-12-10-24)14-23-22(27)17-13-21(26)25(15-17)18-5-3-2-4-6-18/h2-8,17,19H,9-15H2,1H3,(H,23,27). The Balaban J connectivity index is 1.39. The zero-order chi connectivity index (χ0) is 20.2. The highest BCUT2D eigenvalue weighted by molar-refractivity contribution is 6.00. The van der Waals surface area contributed by atoms with Gasteiger partial charge in [-0.1, -0.05) is 18.2 Å². The third-order valence-electron chi connectivity index (χ3n) is 5.61. The molecule has 29 heavy (non-hydrogen) atoms. The van der Waals surface area contributed by atoms with Gasteiger partial charge >= 0.3 is 0 Å². The maximum absolute atomic E-state index is 12.8. The summed E-state index contributed by atoms with van der Waals surface area (Å²) in [6, 6.07) is 13.4. The summed E-state index contributed by atoms with van der Waals surface area (Å²) in [5.41, 5.74) is 0.838. The quantitative estimate of drug-likeness (QED) is 0.808. The van der Waals surface area contributed by atoms with Crippen molar-refractivity contribution in [1.82, 2.24) is 10.2 Å². The maximum Gasteiger partial charge on any atom is 0.227 e. The molecule has 7 nitrogen and oxygen atoms in total. The van der Waals surface area contributed by atoms with Crippen molar-refractivity contribution in [3.05, 3.63) is 54.0 Å². The van der Waals surface area contributed by atoms with Crippen LogP contribution in [-0.4, -0.2) is 56.1 Å². The zero-order valence-electron chi connectivity index (χ0n) is 16.7. The number of hydrogen-bond acceptors (Lipinski definition) is 5.